The molecule has 1 aromatic carbocycles. The van der Waals surface area contributed by atoms with E-state index in [9.17, 15) is 0 Å². The lowest BCUT2D eigenvalue weighted by atomic mass is 10.0. The van der Waals surface area contributed by atoms with Gasteiger partial charge in [-0.2, -0.15) is 0 Å². The Balaban J connectivity index is 2.55. The van der Waals surface area contributed by atoms with Gasteiger partial charge in [-0.25, -0.2) is 4.98 Å². The summed E-state index contributed by atoms with van der Waals surface area (Å²) in [5, 5.41) is 0. The van der Waals surface area contributed by atoms with E-state index >= 15 is 0 Å². The summed E-state index contributed by atoms with van der Waals surface area (Å²) in [6.45, 7) is 4.97. The number of ether oxygens (including phenoxy) is 1. The van der Waals surface area contributed by atoms with Gasteiger partial charge in [0.2, 0.25) is 5.95 Å². The second kappa shape index (κ2) is 4.75. The molecule has 2 N–H and O–H groups in total. The Hall–Kier alpha value is -1.55. The van der Waals surface area contributed by atoms with Gasteiger partial charge in [0, 0.05) is 7.11 Å². The SMILES string of the molecule is COCC(C(C)C)n1c(N)nc2ccccc21. The molecule has 17 heavy (non-hydrogen) atoms. The van der Waals surface area contributed by atoms with Crippen LogP contribution in [0, 0.1) is 5.92 Å². The highest BCUT2D eigenvalue weighted by atomic mass is 16.5. The third-order valence-corrected chi connectivity index (χ3v) is 3.06. The Labute approximate surface area is 101 Å². The highest BCUT2D eigenvalue weighted by Gasteiger charge is 2.20. The van der Waals surface area contributed by atoms with Crippen molar-refractivity contribution in [3.8, 4) is 0 Å². The molecular weight excluding hydrogens is 214 g/mol. The number of hydrogen-bond acceptors (Lipinski definition) is 3. The molecule has 0 saturated carbocycles. The summed E-state index contributed by atoms with van der Waals surface area (Å²) in [6.07, 6.45) is 0. The Morgan fingerprint density at radius 2 is 2.06 bits per heavy atom. The van der Waals surface area contributed by atoms with Crippen molar-refractivity contribution in [3.05, 3.63) is 24.3 Å². The van der Waals surface area contributed by atoms with E-state index < -0.39 is 0 Å². The number of methoxy groups -OCH3 is 1. The van der Waals surface area contributed by atoms with E-state index in [-0.39, 0.29) is 6.04 Å². The van der Waals surface area contributed by atoms with Gasteiger partial charge in [0.05, 0.1) is 23.7 Å². The first-order valence-electron chi connectivity index (χ1n) is 5.86. The first kappa shape index (κ1) is 11.9. The van der Waals surface area contributed by atoms with Crippen molar-refractivity contribution in [1.29, 1.82) is 0 Å². The van der Waals surface area contributed by atoms with E-state index in [1.54, 1.807) is 7.11 Å². The van der Waals surface area contributed by atoms with Crippen molar-refractivity contribution < 1.29 is 4.74 Å². The molecule has 4 heteroatoms. The van der Waals surface area contributed by atoms with Crippen molar-refractivity contribution in [3.63, 3.8) is 0 Å². The van der Waals surface area contributed by atoms with Gasteiger partial charge < -0.3 is 15.0 Å². The standard InChI is InChI=1S/C13H19N3O/c1-9(2)12(8-17-3)16-11-7-5-4-6-10(11)15-13(16)14/h4-7,9,12H,8H2,1-3H3,(H2,14,15). The quantitative estimate of drug-likeness (QED) is 0.882. The van der Waals surface area contributed by atoms with E-state index in [4.69, 9.17) is 10.5 Å². The Bertz CT molecular complexity index is 504. The average Bonchev–Trinajstić information content (AvgIpc) is 2.62. The monoisotopic (exact) mass is 233 g/mol. The minimum absolute atomic E-state index is 0.215. The van der Waals surface area contributed by atoms with Gasteiger partial charge in [-0.3, -0.25) is 0 Å². The molecule has 0 aliphatic carbocycles. The van der Waals surface area contributed by atoms with Crippen molar-refractivity contribution in [2.24, 2.45) is 5.92 Å². The van der Waals surface area contributed by atoms with Crippen LogP contribution in [-0.2, 0) is 4.74 Å². The fraction of sp³-hybridized carbons (Fsp3) is 0.462. The van der Waals surface area contributed by atoms with Crippen LogP contribution in [0.2, 0.25) is 0 Å². The van der Waals surface area contributed by atoms with Gasteiger partial charge in [0.25, 0.3) is 0 Å². The molecule has 0 radical (unpaired) electrons. The molecule has 2 aromatic rings. The molecule has 4 nitrogen and oxygen atoms in total. The van der Waals surface area contributed by atoms with Gasteiger partial charge in [-0.05, 0) is 18.1 Å². The second-order valence-corrected chi connectivity index (χ2v) is 4.60. The van der Waals surface area contributed by atoms with Crippen LogP contribution in [0.1, 0.15) is 19.9 Å². The maximum atomic E-state index is 6.02. The zero-order valence-electron chi connectivity index (χ0n) is 10.6. The van der Waals surface area contributed by atoms with Gasteiger partial charge in [0.1, 0.15) is 0 Å². The molecule has 2 rings (SSSR count). The lowest BCUT2D eigenvalue weighted by molar-refractivity contribution is 0.136. The number of anilines is 1. The maximum absolute atomic E-state index is 6.02. The highest BCUT2D eigenvalue weighted by Crippen LogP contribution is 2.27. The zero-order chi connectivity index (χ0) is 12.4. The van der Waals surface area contributed by atoms with Crippen LogP contribution in [0.3, 0.4) is 0 Å². The number of rotatable bonds is 4. The number of para-hydroxylation sites is 2. The normalized spacial score (nSPS) is 13.4. The van der Waals surface area contributed by atoms with Crippen LogP contribution in [-0.4, -0.2) is 23.3 Å². The van der Waals surface area contributed by atoms with E-state index in [0.717, 1.165) is 11.0 Å². The molecule has 0 amide bonds. The number of fused-ring (bicyclic) bond motifs is 1. The molecule has 1 unspecified atom stereocenters. The fourth-order valence-electron chi connectivity index (χ4n) is 2.15. The number of benzene rings is 1. The molecule has 0 aliphatic rings. The predicted octanol–water partition coefficient (Wildman–Crippen LogP) is 2.46. The summed E-state index contributed by atoms with van der Waals surface area (Å²) >= 11 is 0. The van der Waals surface area contributed by atoms with Gasteiger partial charge in [-0.1, -0.05) is 26.0 Å². The van der Waals surface area contributed by atoms with Gasteiger partial charge >= 0.3 is 0 Å². The summed E-state index contributed by atoms with van der Waals surface area (Å²) in [5.74, 6) is 0.997. The smallest absolute Gasteiger partial charge is 0.201 e. The first-order valence-corrected chi connectivity index (χ1v) is 5.86. The van der Waals surface area contributed by atoms with Crippen LogP contribution < -0.4 is 5.73 Å². The number of hydrogen-bond donors (Lipinski definition) is 1. The van der Waals surface area contributed by atoms with E-state index in [0.29, 0.717) is 18.5 Å². The van der Waals surface area contributed by atoms with Crippen LogP contribution in [0.4, 0.5) is 5.95 Å². The summed E-state index contributed by atoms with van der Waals surface area (Å²) in [6, 6.07) is 8.22. The number of nitrogen functional groups attached to an aromatic ring is 1. The summed E-state index contributed by atoms with van der Waals surface area (Å²) in [5.41, 5.74) is 8.03. The Morgan fingerprint density at radius 3 is 2.71 bits per heavy atom. The minimum Gasteiger partial charge on any atom is -0.383 e. The first-order chi connectivity index (χ1) is 8.15. The van der Waals surface area contributed by atoms with Crippen LogP contribution in [0.25, 0.3) is 11.0 Å². The number of nitrogens with zero attached hydrogens (tertiary/aromatic N) is 2. The van der Waals surface area contributed by atoms with Crippen molar-refractivity contribution in [2.45, 2.75) is 19.9 Å². The van der Waals surface area contributed by atoms with Crippen LogP contribution in [0.5, 0.6) is 0 Å². The van der Waals surface area contributed by atoms with Crippen molar-refractivity contribution >= 4 is 17.0 Å². The lowest BCUT2D eigenvalue weighted by Gasteiger charge is -2.23. The summed E-state index contributed by atoms with van der Waals surface area (Å²) in [4.78, 5) is 4.38. The van der Waals surface area contributed by atoms with Crippen molar-refractivity contribution in [1.82, 2.24) is 9.55 Å². The third kappa shape index (κ3) is 2.13. The molecule has 0 aliphatic heterocycles. The molecule has 0 bridgehead atoms. The molecule has 0 saturated heterocycles. The molecule has 92 valence electrons. The Morgan fingerprint density at radius 1 is 1.35 bits per heavy atom. The summed E-state index contributed by atoms with van der Waals surface area (Å²) < 4.78 is 7.36. The van der Waals surface area contributed by atoms with Crippen LogP contribution >= 0.6 is 0 Å². The number of imidazole rings is 1. The van der Waals surface area contributed by atoms with E-state index in [1.807, 2.05) is 24.3 Å². The number of aromatic nitrogens is 2. The average molecular weight is 233 g/mol. The molecule has 1 heterocycles. The van der Waals surface area contributed by atoms with Crippen LogP contribution in [0.15, 0.2) is 24.3 Å². The van der Waals surface area contributed by atoms with Gasteiger partial charge in [-0.15, -0.1) is 0 Å². The highest BCUT2D eigenvalue weighted by molar-refractivity contribution is 5.78. The summed E-state index contributed by atoms with van der Waals surface area (Å²) in [7, 11) is 1.71. The zero-order valence-corrected chi connectivity index (χ0v) is 10.6. The molecule has 0 fully saturated rings. The lowest BCUT2D eigenvalue weighted by Crippen LogP contribution is -2.21. The van der Waals surface area contributed by atoms with E-state index in [2.05, 4.69) is 23.4 Å². The largest absolute Gasteiger partial charge is 0.383 e. The second-order valence-electron chi connectivity index (χ2n) is 4.60. The molecule has 1 atom stereocenters. The molecule has 1 aromatic heterocycles. The topological polar surface area (TPSA) is 53.1 Å². The Kier molecular flexibility index (Phi) is 3.33. The number of nitrogens with two attached hydrogens (primary N) is 1. The fourth-order valence-corrected chi connectivity index (χ4v) is 2.15. The maximum Gasteiger partial charge on any atom is 0.201 e. The third-order valence-electron chi connectivity index (χ3n) is 3.06. The minimum atomic E-state index is 0.215. The predicted molar refractivity (Wildman–Crippen MR) is 69.9 cm³/mol. The molecule has 0 spiro atoms. The molecular formula is C13H19N3O. The van der Waals surface area contributed by atoms with Crippen molar-refractivity contribution in [2.75, 3.05) is 19.5 Å². The van der Waals surface area contributed by atoms with E-state index in [1.165, 1.54) is 0 Å². The van der Waals surface area contributed by atoms with Gasteiger partial charge in [0.15, 0.2) is 0 Å².